The molecule has 1 aromatic heterocycles. The predicted molar refractivity (Wildman–Crippen MR) is 66.2 cm³/mol. The minimum atomic E-state index is -0.865. The quantitative estimate of drug-likeness (QED) is 0.825. The number of hydrogen-bond acceptors (Lipinski definition) is 4. The Kier molecular flexibility index (Phi) is 4.28. The third-order valence-electron chi connectivity index (χ3n) is 3.17. The van der Waals surface area contributed by atoms with E-state index in [1.54, 1.807) is 6.20 Å². The molecule has 5 heteroatoms. The molecule has 2 rings (SSSR count). The first-order chi connectivity index (χ1) is 8.66. The van der Waals surface area contributed by atoms with Crippen molar-refractivity contribution in [2.24, 2.45) is 0 Å². The number of carbonyl (C=O) groups is 1. The molecule has 2 unspecified atom stereocenters. The van der Waals surface area contributed by atoms with Crippen molar-refractivity contribution >= 4 is 5.97 Å². The lowest BCUT2D eigenvalue weighted by atomic mass is 10.1. The van der Waals surface area contributed by atoms with Gasteiger partial charge < -0.3 is 15.2 Å². The van der Waals surface area contributed by atoms with Crippen molar-refractivity contribution in [3.05, 3.63) is 30.1 Å². The third-order valence-corrected chi connectivity index (χ3v) is 3.17. The number of nitrogens with zero attached hydrogens (tertiary/aromatic N) is 1. The number of aromatic nitrogens is 1. The number of ether oxygens (including phenoxy) is 1. The smallest absolute Gasteiger partial charge is 0.332 e. The van der Waals surface area contributed by atoms with E-state index >= 15 is 0 Å². The summed E-state index contributed by atoms with van der Waals surface area (Å²) in [6, 6.07) is 5.94. The largest absolute Gasteiger partial charge is 0.479 e. The van der Waals surface area contributed by atoms with E-state index in [1.165, 1.54) is 0 Å². The first-order valence-electron chi connectivity index (χ1n) is 6.19. The molecule has 0 saturated carbocycles. The molecule has 0 bridgehead atoms. The van der Waals surface area contributed by atoms with Gasteiger partial charge in [-0.05, 0) is 31.9 Å². The van der Waals surface area contributed by atoms with Crippen molar-refractivity contribution in [1.82, 2.24) is 10.3 Å². The molecule has 98 valence electrons. The van der Waals surface area contributed by atoms with Gasteiger partial charge in [0.1, 0.15) is 0 Å². The maximum absolute atomic E-state index is 10.8. The van der Waals surface area contributed by atoms with Crippen molar-refractivity contribution in [3.8, 4) is 0 Å². The number of pyridine rings is 1. The summed E-state index contributed by atoms with van der Waals surface area (Å²) in [4.78, 5) is 15.0. The van der Waals surface area contributed by atoms with Crippen LogP contribution in [0.2, 0.25) is 0 Å². The van der Waals surface area contributed by atoms with Crippen LogP contribution < -0.4 is 5.32 Å². The van der Waals surface area contributed by atoms with Crippen LogP contribution in [0.5, 0.6) is 0 Å². The highest BCUT2D eigenvalue weighted by molar-refractivity contribution is 5.72. The zero-order valence-corrected chi connectivity index (χ0v) is 10.4. The molecule has 3 atom stereocenters. The third kappa shape index (κ3) is 3.27. The Hall–Kier alpha value is -1.46. The van der Waals surface area contributed by atoms with Gasteiger partial charge in [-0.25, -0.2) is 4.79 Å². The van der Waals surface area contributed by atoms with Crippen LogP contribution in [0.1, 0.15) is 31.5 Å². The lowest BCUT2D eigenvalue weighted by Gasteiger charge is -2.17. The van der Waals surface area contributed by atoms with Crippen LogP contribution in [0.15, 0.2) is 24.4 Å². The van der Waals surface area contributed by atoms with E-state index in [2.05, 4.69) is 10.3 Å². The van der Waals surface area contributed by atoms with Crippen molar-refractivity contribution in [2.75, 3.05) is 6.54 Å². The zero-order chi connectivity index (χ0) is 13.0. The summed E-state index contributed by atoms with van der Waals surface area (Å²) in [6.07, 6.45) is 2.50. The second-order valence-electron chi connectivity index (χ2n) is 4.55. The Balaban J connectivity index is 1.77. The maximum Gasteiger partial charge on any atom is 0.332 e. The summed E-state index contributed by atoms with van der Waals surface area (Å²) in [5.41, 5.74) is 0.977. The van der Waals surface area contributed by atoms with Crippen molar-refractivity contribution < 1.29 is 14.6 Å². The fourth-order valence-electron chi connectivity index (χ4n) is 2.08. The highest BCUT2D eigenvalue weighted by Crippen LogP contribution is 2.20. The molecule has 1 aromatic rings. The number of carboxylic acid groups (broad SMARTS) is 1. The van der Waals surface area contributed by atoms with Gasteiger partial charge >= 0.3 is 5.97 Å². The van der Waals surface area contributed by atoms with Crippen molar-refractivity contribution in [1.29, 1.82) is 0 Å². The monoisotopic (exact) mass is 250 g/mol. The van der Waals surface area contributed by atoms with E-state index in [0.29, 0.717) is 13.0 Å². The van der Waals surface area contributed by atoms with Gasteiger partial charge in [0.15, 0.2) is 6.10 Å². The van der Waals surface area contributed by atoms with E-state index in [-0.39, 0.29) is 12.1 Å². The van der Waals surface area contributed by atoms with Gasteiger partial charge in [-0.2, -0.15) is 0 Å². The normalized spacial score (nSPS) is 24.9. The second-order valence-corrected chi connectivity index (χ2v) is 4.55. The van der Waals surface area contributed by atoms with Crippen LogP contribution in [0.4, 0.5) is 0 Å². The average molecular weight is 250 g/mol. The minimum Gasteiger partial charge on any atom is -0.479 e. The van der Waals surface area contributed by atoms with Crippen LogP contribution >= 0.6 is 0 Å². The van der Waals surface area contributed by atoms with Gasteiger partial charge in [-0.3, -0.25) is 4.98 Å². The average Bonchev–Trinajstić information content (AvgIpc) is 2.86. The van der Waals surface area contributed by atoms with Gasteiger partial charge in [0, 0.05) is 18.8 Å². The van der Waals surface area contributed by atoms with E-state index in [9.17, 15) is 4.79 Å². The highest BCUT2D eigenvalue weighted by atomic mass is 16.5. The number of aliphatic carboxylic acids is 1. The predicted octanol–water partition coefficient (Wildman–Crippen LogP) is 1.36. The fraction of sp³-hybridized carbons (Fsp3) is 0.538. The molecule has 0 aromatic carbocycles. The van der Waals surface area contributed by atoms with Crippen LogP contribution in [-0.2, 0) is 9.53 Å². The standard InChI is InChI=1S/C13H18N2O3/c1-9(11-4-2-3-7-14-11)15-8-10-5-6-12(18-10)13(16)17/h2-4,7,9-10,12,15H,5-6,8H2,1H3,(H,16,17)/t9-,10?,12?/m1/s1. The Morgan fingerprint density at radius 1 is 1.61 bits per heavy atom. The van der Waals surface area contributed by atoms with Crippen LogP contribution in [-0.4, -0.2) is 34.8 Å². The summed E-state index contributed by atoms with van der Waals surface area (Å²) in [7, 11) is 0. The topological polar surface area (TPSA) is 71.5 Å². The Labute approximate surface area is 106 Å². The molecule has 0 amide bonds. The first kappa shape index (κ1) is 13.0. The highest BCUT2D eigenvalue weighted by Gasteiger charge is 2.30. The summed E-state index contributed by atoms with van der Waals surface area (Å²) < 4.78 is 5.43. The van der Waals surface area contributed by atoms with Crippen LogP contribution in [0, 0.1) is 0 Å². The summed E-state index contributed by atoms with van der Waals surface area (Å²) in [5.74, 6) is -0.865. The zero-order valence-electron chi connectivity index (χ0n) is 10.4. The summed E-state index contributed by atoms with van der Waals surface area (Å²) >= 11 is 0. The molecule has 0 radical (unpaired) electrons. The van der Waals surface area contributed by atoms with E-state index in [4.69, 9.17) is 9.84 Å². The molecule has 0 spiro atoms. The molecule has 0 aliphatic carbocycles. The molecular weight excluding hydrogens is 232 g/mol. The Morgan fingerprint density at radius 2 is 2.44 bits per heavy atom. The maximum atomic E-state index is 10.8. The Bertz CT molecular complexity index is 396. The molecule has 2 heterocycles. The molecule has 1 fully saturated rings. The molecule has 18 heavy (non-hydrogen) atoms. The Morgan fingerprint density at radius 3 is 3.06 bits per heavy atom. The fourth-order valence-corrected chi connectivity index (χ4v) is 2.08. The lowest BCUT2D eigenvalue weighted by molar-refractivity contribution is -0.149. The molecular formula is C13H18N2O3. The van der Waals surface area contributed by atoms with Gasteiger partial charge in [0.05, 0.1) is 11.8 Å². The number of nitrogens with one attached hydrogen (secondary N) is 1. The summed E-state index contributed by atoms with van der Waals surface area (Å²) in [5, 5.41) is 12.2. The first-order valence-corrected chi connectivity index (χ1v) is 6.19. The molecule has 1 aliphatic rings. The lowest BCUT2D eigenvalue weighted by Crippen LogP contribution is -2.30. The van der Waals surface area contributed by atoms with E-state index in [0.717, 1.165) is 12.1 Å². The van der Waals surface area contributed by atoms with Crippen LogP contribution in [0.25, 0.3) is 0 Å². The molecule has 5 nitrogen and oxygen atoms in total. The SMILES string of the molecule is C[C@@H](NCC1CCC(C(=O)O)O1)c1ccccn1. The van der Waals surface area contributed by atoms with Crippen LogP contribution in [0.3, 0.4) is 0 Å². The van der Waals surface area contributed by atoms with E-state index < -0.39 is 12.1 Å². The molecule has 1 aliphatic heterocycles. The van der Waals surface area contributed by atoms with Gasteiger partial charge in [0.2, 0.25) is 0 Å². The van der Waals surface area contributed by atoms with Crippen molar-refractivity contribution in [3.63, 3.8) is 0 Å². The van der Waals surface area contributed by atoms with Crippen molar-refractivity contribution in [2.45, 2.75) is 38.0 Å². The minimum absolute atomic E-state index is 0.0164. The second kappa shape index (κ2) is 5.93. The number of carboxylic acids is 1. The van der Waals surface area contributed by atoms with Gasteiger partial charge in [0.25, 0.3) is 0 Å². The van der Waals surface area contributed by atoms with E-state index in [1.807, 2.05) is 25.1 Å². The van der Waals surface area contributed by atoms with Gasteiger partial charge in [-0.15, -0.1) is 0 Å². The molecule has 2 N–H and O–H groups in total. The number of rotatable bonds is 5. The summed E-state index contributed by atoms with van der Waals surface area (Å²) in [6.45, 7) is 2.69. The number of hydrogen-bond donors (Lipinski definition) is 2. The van der Waals surface area contributed by atoms with Gasteiger partial charge in [-0.1, -0.05) is 6.07 Å². The molecule has 1 saturated heterocycles.